The quantitative estimate of drug-likeness (QED) is 0.639. The van der Waals surface area contributed by atoms with E-state index >= 15 is 0 Å². The van der Waals surface area contributed by atoms with Crippen LogP contribution in [0.2, 0.25) is 0 Å². The maximum Gasteiger partial charge on any atom is 0.320 e. The van der Waals surface area contributed by atoms with Crippen LogP contribution in [-0.2, 0) is 4.79 Å². The molecule has 0 radical (unpaired) electrons. The van der Waals surface area contributed by atoms with Gasteiger partial charge in [-0.1, -0.05) is 23.9 Å². The number of nitrogens with one attached hydrogen (secondary N) is 1. The average Bonchev–Trinajstić information content (AvgIpc) is 2.65. The summed E-state index contributed by atoms with van der Waals surface area (Å²) >= 11 is 1.23. The van der Waals surface area contributed by atoms with Crippen LogP contribution in [0.3, 0.4) is 0 Å². The number of benzene rings is 2. The highest BCUT2D eigenvalue weighted by Gasteiger charge is 2.46. The highest BCUT2D eigenvalue weighted by molar-refractivity contribution is 8.01. The van der Waals surface area contributed by atoms with Gasteiger partial charge in [0.25, 0.3) is 0 Å². The average molecular weight is 376 g/mol. The molecule has 7 heteroatoms. The smallest absolute Gasteiger partial charge is 0.320 e. The lowest BCUT2D eigenvalue weighted by atomic mass is 9.84. The first-order valence-electron chi connectivity index (χ1n) is 8.56. The first-order chi connectivity index (χ1) is 13.1. The number of thioether (sulfide) groups is 1. The van der Waals surface area contributed by atoms with E-state index in [-0.39, 0.29) is 0 Å². The minimum atomic E-state index is -0.825. The van der Waals surface area contributed by atoms with Gasteiger partial charge in [0.1, 0.15) is 10.6 Å². The third-order valence-electron chi connectivity index (χ3n) is 4.70. The first kappa shape index (κ1) is 17.3. The lowest BCUT2D eigenvalue weighted by Gasteiger charge is -2.36. The predicted molar refractivity (Wildman–Crippen MR) is 104 cm³/mol. The molecule has 1 aliphatic rings. The minimum absolute atomic E-state index is 0.451. The summed E-state index contributed by atoms with van der Waals surface area (Å²) in [5.41, 5.74) is 2.13. The third-order valence-corrected chi connectivity index (χ3v) is 6.04. The summed E-state index contributed by atoms with van der Waals surface area (Å²) in [6.07, 6.45) is 2.16. The standard InChI is InChI=1S/C20H16N4O2S/c21-12-13-6-8-14(9-7-13)22-17-15-4-1-2-5-16(15)23-19(24-17)27-20(18(25)26)10-3-11-20/h1-2,4-9H,3,10-11H2,(H,25,26)(H,22,23,24). The van der Waals surface area contributed by atoms with Crippen molar-refractivity contribution in [3.8, 4) is 6.07 Å². The highest BCUT2D eigenvalue weighted by Crippen LogP contribution is 2.47. The maximum atomic E-state index is 11.7. The molecule has 3 aromatic rings. The van der Waals surface area contributed by atoms with E-state index in [1.807, 2.05) is 36.4 Å². The second kappa shape index (κ2) is 6.89. The summed E-state index contributed by atoms with van der Waals surface area (Å²) in [4.78, 5) is 20.8. The summed E-state index contributed by atoms with van der Waals surface area (Å²) in [6.45, 7) is 0. The molecule has 0 spiro atoms. The monoisotopic (exact) mass is 376 g/mol. The van der Waals surface area contributed by atoms with E-state index in [1.54, 1.807) is 12.1 Å². The van der Waals surface area contributed by atoms with Crippen molar-refractivity contribution in [2.75, 3.05) is 5.32 Å². The highest BCUT2D eigenvalue weighted by atomic mass is 32.2. The predicted octanol–water partition coefficient (Wildman–Crippen LogP) is 4.34. The Kier molecular flexibility index (Phi) is 4.42. The molecule has 1 saturated carbocycles. The summed E-state index contributed by atoms with van der Waals surface area (Å²) in [5.74, 6) is -0.190. The zero-order valence-electron chi connectivity index (χ0n) is 14.3. The summed E-state index contributed by atoms with van der Waals surface area (Å²) in [7, 11) is 0. The van der Waals surface area contributed by atoms with Gasteiger partial charge in [0.05, 0.1) is 17.1 Å². The molecule has 0 amide bonds. The van der Waals surface area contributed by atoms with Gasteiger partial charge in [-0.25, -0.2) is 9.97 Å². The zero-order chi connectivity index (χ0) is 18.9. The van der Waals surface area contributed by atoms with E-state index in [2.05, 4.69) is 21.4 Å². The molecule has 2 aromatic carbocycles. The van der Waals surface area contributed by atoms with Crippen LogP contribution >= 0.6 is 11.8 Å². The maximum absolute atomic E-state index is 11.7. The van der Waals surface area contributed by atoms with Crippen molar-refractivity contribution >= 4 is 40.1 Å². The molecule has 6 nitrogen and oxygen atoms in total. The first-order valence-corrected chi connectivity index (χ1v) is 9.38. The van der Waals surface area contributed by atoms with Gasteiger partial charge in [0, 0.05) is 11.1 Å². The molecule has 134 valence electrons. The van der Waals surface area contributed by atoms with Gasteiger partial charge in [-0.05, 0) is 55.7 Å². The van der Waals surface area contributed by atoms with Crippen molar-refractivity contribution in [3.63, 3.8) is 0 Å². The number of nitrogens with zero attached hydrogens (tertiary/aromatic N) is 3. The van der Waals surface area contributed by atoms with E-state index in [1.165, 1.54) is 11.8 Å². The van der Waals surface area contributed by atoms with Crippen LogP contribution in [0.4, 0.5) is 11.5 Å². The molecule has 0 unspecified atom stereocenters. The number of aromatic nitrogens is 2. The SMILES string of the molecule is N#Cc1ccc(Nc2nc(SC3(C(=O)O)CCC3)nc3ccccc23)cc1. The van der Waals surface area contributed by atoms with Crippen LogP contribution < -0.4 is 5.32 Å². The van der Waals surface area contributed by atoms with E-state index in [0.717, 1.165) is 23.0 Å². The minimum Gasteiger partial charge on any atom is -0.480 e. The van der Waals surface area contributed by atoms with Gasteiger partial charge in [-0.3, -0.25) is 4.79 Å². The van der Waals surface area contributed by atoms with E-state index in [0.29, 0.717) is 29.4 Å². The summed E-state index contributed by atoms with van der Waals surface area (Å²) < 4.78 is -0.825. The molecule has 0 saturated heterocycles. The Hall–Kier alpha value is -3.11. The number of aliphatic carboxylic acids is 1. The summed E-state index contributed by atoms with van der Waals surface area (Å²) in [5, 5.41) is 23.1. The van der Waals surface area contributed by atoms with Crippen molar-refractivity contribution < 1.29 is 9.90 Å². The fourth-order valence-electron chi connectivity index (χ4n) is 2.99. The second-order valence-electron chi connectivity index (χ2n) is 6.44. The molecular weight excluding hydrogens is 360 g/mol. The number of carboxylic acids is 1. The number of hydrogen-bond donors (Lipinski definition) is 2. The normalized spacial score (nSPS) is 14.9. The fraction of sp³-hybridized carbons (Fsp3) is 0.200. The molecule has 2 N–H and O–H groups in total. The number of fused-ring (bicyclic) bond motifs is 1. The Bertz CT molecular complexity index is 1060. The van der Waals surface area contributed by atoms with Crippen LogP contribution in [0.1, 0.15) is 24.8 Å². The Morgan fingerprint density at radius 3 is 2.52 bits per heavy atom. The van der Waals surface area contributed by atoms with Crippen molar-refractivity contribution in [1.29, 1.82) is 5.26 Å². The van der Waals surface area contributed by atoms with Crippen molar-refractivity contribution in [2.45, 2.75) is 29.2 Å². The zero-order valence-corrected chi connectivity index (χ0v) is 15.2. The topological polar surface area (TPSA) is 98.9 Å². The Balaban J connectivity index is 1.72. The third kappa shape index (κ3) is 3.32. The number of carboxylic acid groups (broad SMARTS) is 1. The van der Waals surface area contributed by atoms with Crippen LogP contribution in [0.5, 0.6) is 0 Å². The van der Waals surface area contributed by atoms with Gasteiger partial charge < -0.3 is 10.4 Å². The number of carbonyl (C=O) groups is 1. The van der Waals surface area contributed by atoms with Gasteiger partial charge in [0.2, 0.25) is 0 Å². The van der Waals surface area contributed by atoms with Crippen molar-refractivity contribution in [1.82, 2.24) is 9.97 Å². The molecule has 1 heterocycles. The molecule has 27 heavy (non-hydrogen) atoms. The van der Waals surface area contributed by atoms with Gasteiger partial charge >= 0.3 is 5.97 Å². The molecule has 0 atom stereocenters. The molecule has 1 aliphatic carbocycles. The molecule has 1 aromatic heterocycles. The fourth-order valence-corrected chi connectivity index (χ4v) is 4.20. The number of para-hydroxylation sites is 1. The van der Waals surface area contributed by atoms with E-state index in [9.17, 15) is 9.90 Å². The summed E-state index contributed by atoms with van der Waals surface area (Å²) in [6, 6.07) is 16.8. The lowest BCUT2D eigenvalue weighted by molar-refractivity contribution is -0.142. The molecule has 0 aliphatic heterocycles. The molecule has 4 rings (SSSR count). The van der Waals surface area contributed by atoms with Crippen LogP contribution in [0.25, 0.3) is 10.9 Å². The van der Waals surface area contributed by atoms with Crippen molar-refractivity contribution in [2.24, 2.45) is 0 Å². The molecule has 1 fully saturated rings. The van der Waals surface area contributed by atoms with E-state index < -0.39 is 10.7 Å². The largest absolute Gasteiger partial charge is 0.480 e. The lowest BCUT2D eigenvalue weighted by Crippen LogP contribution is -2.42. The number of anilines is 2. The number of rotatable bonds is 5. The number of hydrogen-bond acceptors (Lipinski definition) is 6. The Labute approximate surface area is 160 Å². The van der Waals surface area contributed by atoms with Crippen LogP contribution in [0.15, 0.2) is 53.7 Å². The van der Waals surface area contributed by atoms with Gasteiger partial charge in [-0.15, -0.1) is 0 Å². The molecular formula is C20H16N4O2S. The van der Waals surface area contributed by atoms with Crippen molar-refractivity contribution in [3.05, 3.63) is 54.1 Å². The Morgan fingerprint density at radius 1 is 1.15 bits per heavy atom. The van der Waals surface area contributed by atoms with E-state index in [4.69, 9.17) is 5.26 Å². The van der Waals surface area contributed by atoms with Crippen LogP contribution in [0, 0.1) is 11.3 Å². The van der Waals surface area contributed by atoms with Gasteiger partial charge in [0.15, 0.2) is 5.16 Å². The van der Waals surface area contributed by atoms with Gasteiger partial charge in [-0.2, -0.15) is 5.26 Å². The Morgan fingerprint density at radius 2 is 1.89 bits per heavy atom. The number of nitriles is 1. The second-order valence-corrected chi connectivity index (χ2v) is 7.79. The van der Waals surface area contributed by atoms with Crippen LogP contribution in [-0.4, -0.2) is 25.8 Å². The molecule has 0 bridgehead atoms.